The van der Waals surface area contributed by atoms with E-state index in [-0.39, 0.29) is 12.6 Å². The third-order valence-corrected chi connectivity index (χ3v) is 4.70. The van der Waals surface area contributed by atoms with Gasteiger partial charge in [-0.1, -0.05) is 17.3 Å². The van der Waals surface area contributed by atoms with Crippen molar-refractivity contribution in [2.24, 2.45) is 0 Å². The molecular formula is C19H19FN6OS. The lowest BCUT2D eigenvalue weighted by atomic mass is 10.2. The van der Waals surface area contributed by atoms with Crippen molar-refractivity contribution in [3.8, 4) is 11.8 Å². The number of hydrogen-bond donors (Lipinski definition) is 2. The summed E-state index contributed by atoms with van der Waals surface area (Å²) in [7, 11) is 0. The molecule has 0 spiro atoms. The number of urea groups is 1. The number of nitrogens with zero attached hydrogens (tertiary/aromatic N) is 4. The van der Waals surface area contributed by atoms with Crippen molar-refractivity contribution < 1.29 is 9.18 Å². The third-order valence-electron chi connectivity index (χ3n) is 3.71. The number of aryl methyl sites for hydroxylation is 2. The molecule has 0 saturated heterocycles. The Labute approximate surface area is 166 Å². The molecule has 0 aliphatic carbocycles. The van der Waals surface area contributed by atoms with Crippen molar-refractivity contribution in [1.82, 2.24) is 24.8 Å². The minimum absolute atomic E-state index is 0.288. The van der Waals surface area contributed by atoms with Crippen molar-refractivity contribution in [3.05, 3.63) is 58.9 Å². The molecule has 0 unspecified atom stereocenters. The van der Waals surface area contributed by atoms with Gasteiger partial charge in [0.15, 0.2) is 5.13 Å². The Morgan fingerprint density at radius 2 is 2.14 bits per heavy atom. The van der Waals surface area contributed by atoms with E-state index in [0.717, 1.165) is 21.8 Å². The Morgan fingerprint density at radius 1 is 1.32 bits per heavy atom. The monoisotopic (exact) mass is 398 g/mol. The van der Waals surface area contributed by atoms with Crippen LogP contribution in [0.4, 0.5) is 14.3 Å². The minimum atomic E-state index is -0.432. The number of hydrogen-bond acceptors (Lipinski definition) is 5. The largest absolute Gasteiger partial charge is 0.337 e. The lowest BCUT2D eigenvalue weighted by Crippen LogP contribution is -2.30. The van der Waals surface area contributed by atoms with Gasteiger partial charge in [0.2, 0.25) is 0 Å². The van der Waals surface area contributed by atoms with Crippen LogP contribution in [0.2, 0.25) is 0 Å². The van der Waals surface area contributed by atoms with E-state index in [9.17, 15) is 9.18 Å². The highest BCUT2D eigenvalue weighted by molar-refractivity contribution is 7.16. The summed E-state index contributed by atoms with van der Waals surface area (Å²) in [6, 6.07) is 3.32. The normalized spacial score (nSPS) is 10.2. The lowest BCUT2D eigenvalue weighted by Gasteiger charge is -2.03. The molecule has 0 saturated carbocycles. The van der Waals surface area contributed by atoms with Crippen molar-refractivity contribution >= 4 is 22.5 Å². The number of imidazole rings is 1. The molecule has 3 rings (SSSR count). The molecule has 3 aromatic rings. The topological polar surface area (TPSA) is 84.7 Å². The van der Waals surface area contributed by atoms with Crippen LogP contribution in [0.1, 0.15) is 21.8 Å². The predicted molar refractivity (Wildman–Crippen MR) is 106 cm³/mol. The van der Waals surface area contributed by atoms with Gasteiger partial charge in [0.25, 0.3) is 0 Å². The van der Waals surface area contributed by atoms with Crippen molar-refractivity contribution in [2.75, 3.05) is 18.5 Å². The van der Waals surface area contributed by atoms with Crippen LogP contribution in [0.3, 0.4) is 0 Å². The molecule has 3 aromatic heterocycles. The number of halogens is 1. The van der Waals surface area contributed by atoms with Gasteiger partial charge in [0.05, 0.1) is 24.3 Å². The zero-order valence-corrected chi connectivity index (χ0v) is 16.1. The molecule has 0 atom stereocenters. The van der Waals surface area contributed by atoms with Gasteiger partial charge >= 0.3 is 6.03 Å². The maximum atomic E-state index is 12.3. The summed E-state index contributed by atoms with van der Waals surface area (Å²) >= 11 is 1.32. The summed E-state index contributed by atoms with van der Waals surface area (Å²) < 4.78 is 14.0. The number of thiazole rings is 1. The summed E-state index contributed by atoms with van der Waals surface area (Å²) in [5.41, 5.74) is 2.43. The average molecular weight is 398 g/mol. The van der Waals surface area contributed by atoms with Gasteiger partial charge in [-0.3, -0.25) is 10.3 Å². The lowest BCUT2D eigenvalue weighted by molar-refractivity contribution is 0.252. The van der Waals surface area contributed by atoms with Crippen LogP contribution in [0, 0.1) is 18.8 Å². The number of carbonyl (C=O) groups is 1. The fourth-order valence-corrected chi connectivity index (χ4v) is 3.15. The van der Waals surface area contributed by atoms with E-state index in [1.54, 1.807) is 29.5 Å². The summed E-state index contributed by atoms with van der Waals surface area (Å²) in [6.07, 6.45) is 7.30. The van der Waals surface area contributed by atoms with Crippen LogP contribution >= 0.6 is 11.3 Å². The maximum absolute atomic E-state index is 12.3. The highest BCUT2D eigenvalue weighted by Gasteiger charge is 2.09. The molecule has 0 aliphatic rings. The molecule has 0 radical (unpaired) electrons. The number of amides is 2. The Morgan fingerprint density at radius 3 is 2.93 bits per heavy atom. The first-order valence-corrected chi connectivity index (χ1v) is 9.46. The Hall–Kier alpha value is -3.25. The second kappa shape index (κ2) is 9.62. The minimum Gasteiger partial charge on any atom is -0.337 e. The van der Waals surface area contributed by atoms with E-state index >= 15 is 0 Å². The second-order valence-electron chi connectivity index (χ2n) is 5.84. The summed E-state index contributed by atoms with van der Waals surface area (Å²) in [6.45, 7) is 2.12. The van der Waals surface area contributed by atoms with E-state index in [1.165, 1.54) is 11.3 Å². The van der Waals surface area contributed by atoms with Gasteiger partial charge in [0, 0.05) is 37.1 Å². The van der Waals surface area contributed by atoms with Gasteiger partial charge in [0.1, 0.15) is 11.6 Å². The Balaban J connectivity index is 1.49. The molecular weight excluding hydrogens is 379 g/mol. The molecule has 7 nitrogen and oxygen atoms in total. The highest BCUT2D eigenvalue weighted by Crippen LogP contribution is 2.21. The molecule has 2 N–H and O–H groups in total. The molecule has 0 aromatic carbocycles. The second-order valence-corrected chi connectivity index (χ2v) is 6.84. The Kier molecular flexibility index (Phi) is 6.70. The molecule has 3 heterocycles. The van der Waals surface area contributed by atoms with Gasteiger partial charge in [-0.2, -0.15) is 0 Å². The number of aromatic nitrogens is 4. The van der Waals surface area contributed by atoms with Gasteiger partial charge < -0.3 is 9.88 Å². The standard InChI is InChI=1S/C19H19FN6OS/c1-14-17(3-2-15-4-8-21-9-5-15)28-19(24-14)25-18(27)22-10-6-16-12-26(11-7-20)13-23-16/h4-5,8-9,12-13H,6-7,10-11H2,1H3,(H2,22,24,25,27). The Bertz CT molecular complexity index is 989. The first-order valence-electron chi connectivity index (χ1n) is 8.65. The average Bonchev–Trinajstić information content (AvgIpc) is 3.27. The number of pyridine rings is 1. The summed E-state index contributed by atoms with van der Waals surface area (Å²) in [5.74, 6) is 6.12. The number of rotatable bonds is 6. The molecule has 0 fully saturated rings. The van der Waals surface area contributed by atoms with Gasteiger partial charge in [-0.15, -0.1) is 0 Å². The van der Waals surface area contributed by atoms with Gasteiger partial charge in [-0.05, 0) is 25.0 Å². The molecule has 28 heavy (non-hydrogen) atoms. The van der Waals surface area contributed by atoms with Gasteiger partial charge in [-0.25, -0.2) is 19.2 Å². The summed E-state index contributed by atoms with van der Waals surface area (Å²) in [5, 5.41) is 5.96. The maximum Gasteiger partial charge on any atom is 0.321 e. The molecule has 0 aliphatic heterocycles. The number of anilines is 1. The molecule has 2 amide bonds. The SMILES string of the molecule is Cc1nc(NC(=O)NCCc2cn(CCF)cn2)sc1C#Cc1ccncc1. The van der Waals surface area contributed by atoms with E-state index in [2.05, 4.69) is 37.4 Å². The van der Waals surface area contributed by atoms with Crippen molar-refractivity contribution in [2.45, 2.75) is 19.9 Å². The van der Waals surface area contributed by atoms with Crippen LogP contribution in [-0.4, -0.2) is 38.8 Å². The first kappa shape index (κ1) is 19.5. The molecule has 9 heteroatoms. The number of carbonyl (C=O) groups excluding carboxylic acids is 1. The van der Waals surface area contributed by atoms with Crippen LogP contribution in [0.15, 0.2) is 37.1 Å². The smallest absolute Gasteiger partial charge is 0.321 e. The van der Waals surface area contributed by atoms with Crippen LogP contribution in [0.5, 0.6) is 0 Å². The molecule has 0 bridgehead atoms. The zero-order valence-electron chi connectivity index (χ0n) is 15.3. The van der Waals surface area contributed by atoms with Crippen LogP contribution < -0.4 is 10.6 Å². The van der Waals surface area contributed by atoms with Crippen molar-refractivity contribution in [1.29, 1.82) is 0 Å². The fraction of sp³-hybridized carbons (Fsp3) is 0.263. The molecule has 144 valence electrons. The number of nitrogens with one attached hydrogen (secondary N) is 2. The van der Waals surface area contributed by atoms with E-state index in [4.69, 9.17) is 0 Å². The first-order chi connectivity index (χ1) is 13.6. The van der Waals surface area contributed by atoms with E-state index < -0.39 is 6.67 Å². The quantitative estimate of drug-likeness (QED) is 0.626. The fourth-order valence-electron chi connectivity index (χ4n) is 2.33. The predicted octanol–water partition coefficient (Wildman–Crippen LogP) is 2.78. The zero-order chi connectivity index (χ0) is 19.8. The third kappa shape index (κ3) is 5.62. The summed E-state index contributed by atoms with van der Waals surface area (Å²) in [4.78, 5) is 25.3. The van der Waals surface area contributed by atoms with E-state index in [1.807, 2.05) is 19.1 Å². The van der Waals surface area contributed by atoms with Crippen molar-refractivity contribution in [3.63, 3.8) is 0 Å². The number of alkyl halides is 1. The highest BCUT2D eigenvalue weighted by atomic mass is 32.1. The van der Waals surface area contributed by atoms with E-state index in [0.29, 0.717) is 18.1 Å². The van der Waals surface area contributed by atoms with Crippen LogP contribution in [0.25, 0.3) is 0 Å². The van der Waals surface area contributed by atoms with Crippen LogP contribution in [-0.2, 0) is 13.0 Å².